The van der Waals surface area contributed by atoms with Crippen LogP contribution >= 0.6 is 15.9 Å². The van der Waals surface area contributed by atoms with Gasteiger partial charge in [-0.1, -0.05) is 15.9 Å². The Kier molecular flexibility index (Phi) is 4.65. The zero-order valence-electron chi connectivity index (χ0n) is 12.2. The molecule has 0 amide bonds. The Labute approximate surface area is 128 Å². The molecule has 2 aromatic rings. The van der Waals surface area contributed by atoms with Crippen molar-refractivity contribution in [2.24, 2.45) is 0 Å². The van der Waals surface area contributed by atoms with Crippen LogP contribution in [-0.2, 0) is 6.61 Å². The fraction of sp³-hybridized carbons (Fsp3) is 0.312. The minimum Gasteiger partial charge on any atom is -0.497 e. The van der Waals surface area contributed by atoms with Crippen LogP contribution in [0.4, 0.5) is 0 Å². The quantitative estimate of drug-likeness (QED) is 0.831. The molecular weight excluding hydrogens is 318 g/mol. The Balaban J connectivity index is 2.14. The van der Waals surface area contributed by atoms with Gasteiger partial charge in [0.2, 0.25) is 0 Å². The lowest BCUT2D eigenvalue weighted by atomic mass is 10.1. The molecule has 0 fully saturated rings. The molecule has 0 aliphatic carbocycles. The van der Waals surface area contributed by atoms with Crippen LogP contribution in [0.25, 0.3) is 0 Å². The lowest BCUT2D eigenvalue weighted by Crippen LogP contribution is -2.01. The van der Waals surface area contributed by atoms with Crippen molar-refractivity contribution >= 4 is 15.9 Å². The van der Waals surface area contributed by atoms with E-state index in [1.165, 1.54) is 0 Å². The maximum atomic E-state index is 5.82. The number of nitrogens with zero attached hydrogens (tertiary/aromatic N) is 1. The molecule has 0 radical (unpaired) electrons. The molecular formula is C16H18BrNO2. The molecule has 1 aromatic heterocycles. The summed E-state index contributed by atoms with van der Waals surface area (Å²) in [5, 5.41) is 0. The molecule has 106 valence electrons. The topological polar surface area (TPSA) is 31.4 Å². The first-order chi connectivity index (χ1) is 9.49. The summed E-state index contributed by atoms with van der Waals surface area (Å²) < 4.78 is 12.2. The SMILES string of the molecule is COc1cc(C)nc(COc2cc(C)c(Br)c(C)c2)c1. The average molecular weight is 336 g/mol. The number of aromatic nitrogens is 1. The Morgan fingerprint density at radius 1 is 1.00 bits per heavy atom. The maximum Gasteiger partial charge on any atom is 0.130 e. The highest BCUT2D eigenvalue weighted by atomic mass is 79.9. The van der Waals surface area contributed by atoms with Gasteiger partial charge in [0.05, 0.1) is 12.8 Å². The molecule has 3 nitrogen and oxygen atoms in total. The normalized spacial score (nSPS) is 10.4. The van der Waals surface area contributed by atoms with Crippen molar-refractivity contribution in [3.8, 4) is 11.5 Å². The number of halogens is 1. The van der Waals surface area contributed by atoms with Crippen LogP contribution in [0.3, 0.4) is 0 Å². The first kappa shape index (κ1) is 14.9. The number of aryl methyl sites for hydroxylation is 3. The Morgan fingerprint density at radius 2 is 1.65 bits per heavy atom. The van der Waals surface area contributed by atoms with Crippen molar-refractivity contribution < 1.29 is 9.47 Å². The fourth-order valence-corrected chi connectivity index (χ4v) is 2.27. The third-order valence-electron chi connectivity index (χ3n) is 3.01. The Hall–Kier alpha value is -1.55. The molecule has 0 bridgehead atoms. The van der Waals surface area contributed by atoms with Gasteiger partial charge in [0, 0.05) is 22.3 Å². The van der Waals surface area contributed by atoms with Gasteiger partial charge in [-0.25, -0.2) is 0 Å². The second kappa shape index (κ2) is 6.27. The van der Waals surface area contributed by atoms with Crippen LogP contribution in [0, 0.1) is 20.8 Å². The van der Waals surface area contributed by atoms with Gasteiger partial charge in [-0.05, 0) is 44.0 Å². The van der Waals surface area contributed by atoms with Crippen molar-refractivity contribution in [2.75, 3.05) is 7.11 Å². The summed E-state index contributed by atoms with van der Waals surface area (Å²) in [6, 6.07) is 7.83. The van der Waals surface area contributed by atoms with Crippen LogP contribution in [0.1, 0.15) is 22.5 Å². The highest BCUT2D eigenvalue weighted by Gasteiger charge is 2.05. The summed E-state index contributed by atoms with van der Waals surface area (Å²) in [6.07, 6.45) is 0. The zero-order chi connectivity index (χ0) is 14.7. The molecule has 4 heteroatoms. The van der Waals surface area contributed by atoms with Gasteiger partial charge < -0.3 is 9.47 Å². The molecule has 2 rings (SSSR count). The average Bonchev–Trinajstić information content (AvgIpc) is 2.41. The summed E-state index contributed by atoms with van der Waals surface area (Å²) in [6.45, 7) is 6.48. The van der Waals surface area contributed by atoms with E-state index in [1.807, 2.05) is 31.2 Å². The van der Waals surface area contributed by atoms with E-state index in [9.17, 15) is 0 Å². The first-order valence-corrected chi connectivity index (χ1v) is 7.20. The van der Waals surface area contributed by atoms with Crippen molar-refractivity contribution in [1.82, 2.24) is 4.98 Å². The molecule has 0 aliphatic heterocycles. The van der Waals surface area contributed by atoms with E-state index in [4.69, 9.17) is 9.47 Å². The number of hydrogen-bond donors (Lipinski definition) is 0. The van der Waals surface area contributed by atoms with E-state index in [2.05, 4.69) is 34.8 Å². The van der Waals surface area contributed by atoms with Gasteiger partial charge in [0.15, 0.2) is 0 Å². The summed E-state index contributed by atoms with van der Waals surface area (Å²) in [4.78, 5) is 4.45. The van der Waals surface area contributed by atoms with E-state index in [0.29, 0.717) is 6.61 Å². The van der Waals surface area contributed by atoms with E-state index in [0.717, 1.165) is 38.5 Å². The van der Waals surface area contributed by atoms with Gasteiger partial charge in [-0.3, -0.25) is 4.98 Å². The van der Waals surface area contributed by atoms with Gasteiger partial charge in [0.25, 0.3) is 0 Å². The minimum atomic E-state index is 0.429. The first-order valence-electron chi connectivity index (χ1n) is 6.40. The largest absolute Gasteiger partial charge is 0.497 e. The molecule has 0 unspecified atom stereocenters. The maximum absolute atomic E-state index is 5.82. The van der Waals surface area contributed by atoms with Crippen LogP contribution in [0.15, 0.2) is 28.7 Å². The highest BCUT2D eigenvalue weighted by molar-refractivity contribution is 9.10. The molecule has 1 aromatic carbocycles. The van der Waals surface area contributed by atoms with Crippen LogP contribution in [-0.4, -0.2) is 12.1 Å². The van der Waals surface area contributed by atoms with E-state index in [-0.39, 0.29) is 0 Å². The lowest BCUT2D eigenvalue weighted by Gasteiger charge is -2.11. The van der Waals surface area contributed by atoms with Gasteiger partial charge in [0.1, 0.15) is 18.1 Å². The molecule has 0 saturated carbocycles. The standard InChI is InChI=1S/C16H18BrNO2/c1-10-5-15(6-11(2)16(10)17)20-9-13-8-14(19-4)7-12(3)18-13/h5-8H,9H2,1-4H3. The van der Waals surface area contributed by atoms with E-state index in [1.54, 1.807) is 7.11 Å². The zero-order valence-corrected chi connectivity index (χ0v) is 13.7. The summed E-state index contributed by atoms with van der Waals surface area (Å²) >= 11 is 3.55. The van der Waals surface area contributed by atoms with Gasteiger partial charge in [-0.2, -0.15) is 0 Å². The number of rotatable bonds is 4. The number of benzene rings is 1. The molecule has 20 heavy (non-hydrogen) atoms. The Bertz CT molecular complexity index is 603. The summed E-state index contributed by atoms with van der Waals surface area (Å²) in [5.74, 6) is 1.66. The number of methoxy groups -OCH3 is 1. The van der Waals surface area contributed by atoms with Crippen molar-refractivity contribution in [2.45, 2.75) is 27.4 Å². The van der Waals surface area contributed by atoms with Crippen LogP contribution in [0.2, 0.25) is 0 Å². The monoisotopic (exact) mass is 335 g/mol. The third-order valence-corrected chi connectivity index (χ3v) is 4.26. The van der Waals surface area contributed by atoms with E-state index >= 15 is 0 Å². The van der Waals surface area contributed by atoms with Crippen LogP contribution < -0.4 is 9.47 Å². The highest BCUT2D eigenvalue weighted by Crippen LogP contribution is 2.27. The summed E-state index contributed by atoms with van der Waals surface area (Å²) in [5.41, 5.74) is 4.11. The van der Waals surface area contributed by atoms with Gasteiger partial charge in [-0.15, -0.1) is 0 Å². The number of ether oxygens (including phenoxy) is 2. The molecule has 1 heterocycles. The van der Waals surface area contributed by atoms with Crippen molar-refractivity contribution in [3.63, 3.8) is 0 Å². The smallest absolute Gasteiger partial charge is 0.130 e. The lowest BCUT2D eigenvalue weighted by molar-refractivity contribution is 0.299. The van der Waals surface area contributed by atoms with E-state index < -0.39 is 0 Å². The van der Waals surface area contributed by atoms with Crippen molar-refractivity contribution in [1.29, 1.82) is 0 Å². The third kappa shape index (κ3) is 3.51. The molecule has 0 N–H and O–H groups in total. The molecule has 0 saturated heterocycles. The number of hydrogen-bond acceptors (Lipinski definition) is 3. The van der Waals surface area contributed by atoms with Crippen LogP contribution in [0.5, 0.6) is 11.5 Å². The minimum absolute atomic E-state index is 0.429. The fourth-order valence-electron chi connectivity index (χ4n) is 2.04. The predicted octanol–water partition coefficient (Wildman–Crippen LogP) is 4.36. The summed E-state index contributed by atoms with van der Waals surface area (Å²) in [7, 11) is 1.65. The Morgan fingerprint density at radius 3 is 2.25 bits per heavy atom. The van der Waals surface area contributed by atoms with Gasteiger partial charge >= 0.3 is 0 Å². The second-order valence-electron chi connectivity index (χ2n) is 4.80. The van der Waals surface area contributed by atoms with Crippen molar-refractivity contribution in [3.05, 3.63) is 51.3 Å². The number of pyridine rings is 1. The molecule has 0 spiro atoms. The molecule has 0 aliphatic rings. The predicted molar refractivity (Wildman–Crippen MR) is 83.5 cm³/mol. The molecule has 0 atom stereocenters. The second-order valence-corrected chi connectivity index (χ2v) is 5.59.